The molecule has 11 nitrogen and oxygen atoms in total. The van der Waals surface area contributed by atoms with Crippen molar-refractivity contribution in [2.24, 2.45) is 0 Å². The van der Waals surface area contributed by atoms with Crippen LogP contribution in [0.3, 0.4) is 0 Å². The molecule has 0 aliphatic carbocycles. The molecular formula is C23H26N6O5. The molecule has 0 bridgehead atoms. The number of unbranched alkanes of at least 4 members (excludes halogenated alkanes) is 2. The van der Waals surface area contributed by atoms with E-state index in [1.54, 1.807) is 12.1 Å². The van der Waals surface area contributed by atoms with Crippen molar-refractivity contribution in [3.05, 3.63) is 48.0 Å². The summed E-state index contributed by atoms with van der Waals surface area (Å²) in [6.45, 7) is 0.111. The van der Waals surface area contributed by atoms with Crippen LogP contribution in [0.5, 0.6) is 0 Å². The van der Waals surface area contributed by atoms with Gasteiger partial charge >= 0.3 is 0 Å². The second kappa shape index (κ2) is 10.6. The predicted molar refractivity (Wildman–Crippen MR) is 122 cm³/mol. The second-order valence-corrected chi connectivity index (χ2v) is 7.87. The number of carbonyl (C=O) groups is 1. The van der Waals surface area contributed by atoms with Gasteiger partial charge in [0.15, 0.2) is 17.7 Å². The zero-order valence-electron chi connectivity index (χ0n) is 18.3. The average molecular weight is 466 g/mol. The largest absolute Gasteiger partial charge is 0.394 e. The lowest BCUT2D eigenvalue weighted by atomic mass is 10.1. The van der Waals surface area contributed by atoms with E-state index in [0.717, 1.165) is 12.8 Å². The third kappa shape index (κ3) is 5.00. The first-order valence-electron chi connectivity index (χ1n) is 10.9. The third-order valence-electron chi connectivity index (χ3n) is 5.49. The summed E-state index contributed by atoms with van der Waals surface area (Å²) in [6.07, 6.45) is -0.918. The van der Waals surface area contributed by atoms with Crippen molar-refractivity contribution in [2.45, 2.75) is 43.8 Å². The molecule has 1 fully saturated rings. The number of aliphatic hydroxyl groups excluding tert-OH is 3. The summed E-state index contributed by atoms with van der Waals surface area (Å²) in [5, 5.41) is 32.5. The summed E-state index contributed by atoms with van der Waals surface area (Å²) in [4.78, 5) is 24.7. The number of imidazole rings is 1. The van der Waals surface area contributed by atoms with Gasteiger partial charge in [0.1, 0.15) is 23.8 Å². The summed E-state index contributed by atoms with van der Waals surface area (Å²) < 4.78 is 7.00. The standard InChI is InChI=1S/C23H26N6O5/c24-20-17-21(29(13-26-17)23-19(32)18(31)15(12-30)34-23)28-16(27-20)10-6-1-2-7-11-25-22(33)14-8-4-3-5-9-14/h3-5,8-9,13,15,18-19,23,30-32H,1-2,7,11-12H2,(H,25,33)(H2,24,27,28)/t15-,18-,19-,23-/m1/s1. The Labute approximate surface area is 195 Å². The highest BCUT2D eigenvalue weighted by atomic mass is 16.6. The Morgan fingerprint density at radius 1 is 1.18 bits per heavy atom. The molecule has 4 rings (SSSR count). The molecule has 0 saturated carbocycles. The van der Waals surface area contributed by atoms with Crippen LogP contribution in [-0.2, 0) is 4.74 Å². The lowest BCUT2D eigenvalue weighted by Crippen LogP contribution is -2.33. The number of hydrogen-bond donors (Lipinski definition) is 5. The molecule has 1 saturated heterocycles. The number of nitrogens with one attached hydrogen (secondary N) is 1. The number of nitrogens with two attached hydrogens (primary N) is 1. The number of nitrogen functional groups attached to an aromatic ring is 1. The average Bonchev–Trinajstić information content (AvgIpc) is 3.39. The Morgan fingerprint density at radius 2 is 1.97 bits per heavy atom. The topological polar surface area (TPSA) is 169 Å². The number of carbonyl (C=O) groups excluding carboxylic acids is 1. The highest BCUT2D eigenvalue weighted by Gasteiger charge is 2.44. The Balaban J connectivity index is 1.35. The molecule has 0 unspecified atom stereocenters. The zero-order chi connectivity index (χ0) is 24.1. The fourth-order valence-electron chi connectivity index (χ4n) is 3.66. The minimum absolute atomic E-state index is 0.102. The van der Waals surface area contributed by atoms with Crippen LogP contribution in [0.2, 0.25) is 0 Å². The van der Waals surface area contributed by atoms with Crippen LogP contribution in [0.15, 0.2) is 36.7 Å². The van der Waals surface area contributed by atoms with Gasteiger partial charge in [0.25, 0.3) is 5.91 Å². The van der Waals surface area contributed by atoms with Gasteiger partial charge in [-0.15, -0.1) is 0 Å². The van der Waals surface area contributed by atoms with Crippen LogP contribution in [0.25, 0.3) is 11.2 Å². The Kier molecular flexibility index (Phi) is 7.34. The van der Waals surface area contributed by atoms with Gasteiger partial charge in [-0.25, -0.2) is 15.0 Å². The van der Waals surface area contributed by atoms with E-state index in [-0.39, 0.29) is 17.5 Å². The fourth-order valence-corrected chi connectivity index (χ4v) is 3.66. The van der Waals surface area contributed by atoms with Crippen molar-refractivity contribution in [3.63, 3.8) is 0 Å². The first kappa shape index (κ1) is 23.6. The van der Waals surface area contributed by atoms with Gasteiger partial charge in [-0.05, 0) is 30.9 Å². The van der Waals surface area contributed by atoms with E-state index in [4.69, 9.17) is 10.5 Å². The number of ether oxygens (including phenoxy) is 1. The molecule has 1 aliphatic rings. The van der Waals surface area contributed by atoms with Crippen molar-refractivity contribution < 1.29 is 24.9 Å². The van der Waals surface area contributed by atoms with Crippen molar-refractivity contribution >= 4 is 22.9 Å². The first-order chi connectivity index (χ1) is 16.5. The van der Waals surface area contributed by atoms with E-state index in [9.17, 15) is 20.1 Å². The highest BCUT2D eigenvalue weighted by Crippen LogP contribution is 2.31. The number of rotatable bonds is 7. The second-order valence-electron chi connectivity index (χ2n) is 7.87. The summed E-state index contributed by atoms with van der Waals surface area (Å²) in [5.74, 6) is 6.09. The molecule has 178 valence electrons. The van der Waals surface area contributed by atoms with E-state index in [2.05, 4.69) is 32.1 Å². The van der Waals surface area contributed by atoms with Crippen molar-refractivity contribution in [2.75, 3.05) is 18.9 Å². The summed E-state index contributed by atoms with van der Waals surface area (Å²) in [7, 11) is 0. The Morgan fingerprint density at radius 3 is 2.71 bits per heavy atom. The number of fused-ring (bicyclic) bond motifs is 1. The first-order valence-corrected chi connectivity index (χ1v) is 10.9. The van der Waals surface area contributed by atoms with Gasteiger partial charge < -0.3 is 31.1 Å². The number of aliphatic hydroxyl groups is 3. The molecule has 1 amide bonds. The molecule has 1 aliphatic heterocycles. The number of aromatic nitrogens is 4. The Bertz CT molecular complexity index is 1210. The maximum atomic E-state index is 12.0. The van der Waals surface area contributed by atoms with E-state index >= 15 is 0 Å². The minimum Gasteiger partial charge on any atom is -0.394 e. The van der Waals surface area contributed by atoms with Crippen LogP contribution in [0.4, 0.5) is 5.82 Å². The molecule has 2 aromatic heterocycles. The molecule has 4 atom stereocenters. The molecule has 0 radical (unpaired) electrons. The minimum atomic E-state index is -1.28. The fraction of sp³-hybridized carbons (Fsp3) is 0.391. The molecule has 11 heteroatoms. The molecule has 3 aromatic rings. The molecule has 34 heavy (non-hydrogen) atoms. The summed E-state index contributed by atoms with van der Waals surface area (Å²) in [5.41, 5.74) is 7.25. The molecule has 3 heterocycles. The normalized spacial score (nSPS) is 21.9. The van der Waals surface area contributed by atoms with Gasteiger partial charge in [0.05, 0.1) is 12.9 Å². The van der Waals surface area contributed by atoms with Crippen LogP contribution < -0.4 is 11.1 Å². The highest BCUT2D eigenvalue weighted by molar-refractivity contribution is 5.94. The van der Waals surface area contributed by atoms with Crippen molar-refractivity contribution in [1.82, 2.24) is 24.8 Å². The lowest BCUT2D eigenvalue weighted by molar-refractivity contribution is -0.0511. The number of anilines is 1. The SMILES string of the molecule is Nc1nc(C#CCCCCNC(=O)c2ccccc2)nc2c1ncn2[C@@H]1O[C@H](CO)[C@@H](O)[C@H]1O. The number of benzene rings is 1. The smallest absolute Gasteiger partial charge is 0.251 e. The monoisotopic (exact) mass is 466 g/mol. The predicted octanol–water partition coefficient (Wildman–Crippen LogP) is -0.0282. The maximum Gasteiger partial charge on any atom is 0.251 e. The number of hydrogen-bond acceptors (Lipinski definition) is 9. The van der Waals surface area contributed by atoms with Gasteiger partial charge in [0, 0.05) is 18.5 Å². The van der Waals surface area contributed by atoms with E-state index in [0.29, 0.717) is 29.7 Å². The van der Waals surface area contributed by atoms with Crippen molar-refractivity contribution in [1.29, 1.82) is 0 Å². The maximum absolute atomic E-state index is 12.0. The molecular weight excluding hydrogens is 440 g/mol. The van der Waals surface area contributed by atoms with Crippen molar-refractivity contribution in [3.8, 4) is 11.8 Å². The van der Waals surface area contributed by atoms with E-state index in [1.165, 1.54) is 10.9 Å². The molecule has 1 aromatic carbocycles. The molecule has 0 spiro atoms. The summed E-state index contributed by atoms with van der Waals surface area (Å²) in [6, 6.07) is 9.04. The van der Waals surface area contributed by atoms with E-state index in [1.807, 2.05) is 18.2 Å². The van der Waals surface area contributed by atoms with Crippen LogP contribution in [-0.4, -0.2) is 72.2 Å². The summed E-state index contributed by atoms with van der Waals surface area (Å²) >= 11 is 0. The van der Waals surface area contributed by atoms with Gasteiger partial charge in [-0.3, -0.25) is 9.36 Å². The van der Waals surface area contributed by atoms with E-state index < -0.39 is 31.1 Å². The van der Waals surface area contributed by atoms with Crippen LogP contribution in [0, 0.1) is 11.8 Å². The van der Waals surface area contributed by atoms with Crippen LogP contribution in [0.1, 0.15) is 41.7 Å². The zero-order valence-corrected chi connectivity index (χ0v) is 18.3. The van der Waals surface area contributed by atoms with Crippen LogP contribution >= 0.6 is 0 Å². The van der Waals surface area contributed by atoms with Gasteiger partial charge in [-0.1, -0.05) is 24.1 Å². The number of amides is 1. The quantitative estimate of drug-likeness (QED) is 0.237. The van der Waals surface area contributed by atoms with Gasteiger partial charge in [-0.2, -0.15) is 0 Å². The molecule has 6 N–H and O–H groups in total. The Hall–Kier alpha value is -3.56. The van der Waals surface area contributed by atoms with Gasteiger partial charge in [0.2, 0.25) is 5.82 Å². The third-order valence-corrected chi connectivity index (χ3v) is 5.49. The number of nitrogens with zero attached hydrogens (tertiary/aromatic N) is 4. The lowest BCUT2D eigenvalue weighted by Gasteiger charge is -2.16.